The Kier molecular flexibility index (Phi) is 4.15. The van der Waals surface area contributed by atoms with Crippen LogP contribution in [0.2, 0.25) is 0 Å². The van der Waals surface area contributed by atoms with E-state index in [0.29, 0.717) is 19.4 Å². The van der Waals surface area contributed by atoms with Crippen molar-refractivity contribution in [2.24, 2.45) is 0 Å². The Morgan fingerprint density at radius 3 is 2.62 bits per heavy atom. The van der Waals surface area contributed by atoms with Crippen molar-refractivity contribution < 1.29 is 27.5 Å². The Balaban J connectivity index is 2.18. The molecule has 1 saturated heterocycles. The van der Waals surface area contributed by atoms with Gasteiger partial charge in [0.25, 0.3) is 5.91 Å². The summed E-state index contributed by atoms with van der Waals surface area (Å²) in [6.07, 6.45) is -2.56. The highest BCUT2D eigenvalue weighted by Crippen LogP contribution is 2.28. The molecule has 1 amide bonds. The molecule has 1 aromatic rings. The highest BCUT2D eigenvalue weighted by molar-refractivity contribution is 5.96. The lowest BCUT2D eigenvalue weighted by Gasteiger charge is -2.22. The number of amides is 1. The van der Waals surface area contributed by atoms with Crippen molar-refractivity contribution in [2.75, 3.05) is 13.7 Å². The molecule has 0 saturated carbocycles. The Morgan fingerprint density at radius 1 is 1.38 bits per heavy atom. The van der Waals surface area contributed by atoms with Crippen LogP contribution in [0, 0.1) is 0 Å². The van der Waals surface area contributed by atoms with Crippen LogP contribution in [0.4, 0.5) is 13.2 Å². The van der Waals surface area contributed by atoms with Gasteiger partial charge in [0.2, 0.25) is 0 Å². The molecule has 1 atom stereocenters. The van der Waals surface area contributed by atoms with Crippen LogP contribution in [0.5, 0.6) is 0 Å². The Bertz CT molecular complexity index is 543. The first-order valence-corrected chi connectivity index (χ1v) is 6.26. The van der Waals surface area contributed by atoms with Gasteiger partial charge in [0.05, 0.1) is 12.7 Å². The van der Waals surface area contributed by atoms with Crippen LogP contribution >= 0.6 is 0 Å². The van der Waals surface area contributed by atoms with Crippen LogP contribution in [0.25, 0.3) is 0 Å². The average Bonchev–Trinajstić information content (AvgIpc) is 2.94. The van der Waals surface area contributed by atoms with E-state index in [2.05, 4.69) is 9.72 Å². The fourth-order valence-corrected chi connectivity index (χ4v) is 2.24. The van der Waals surface area contributed by atoms with E-state index in [1.165, 1.54) is 12.0 Å². The molecule has 2 heterocycles. The number of ether oxygens (including phenoxy) is 1. The molecule has 8 heteroatoms. The van der Waals surface area contributed by atoms with E-state index in [0.717, 1.165) is 18.3 Å². The van der Waals surface area contributed by atoms with Crippen LogP contribution in [-0.4, -0.2) is 41.5 Å². The molecule has 1 aromatic heterocycles. The van der Waals surface area contributed by atoms with Crippen LogP contribution in [0.3, 0.4) is 0 Å². The second kappa shape index (κ2) is 5.71. The average molecular weight is 302 g/mol. The largest absolute Gasteiger partial charge is 0.467 e. The number of methoxy groups -OCH3 is 1. The molecular weight excluding hydrogens is 289 g/mol. The predicted molar refractivity (Wildman–Crippen MR) is 65.3 cm³/mol. The second-order valence-corrected chi connectivity index (χ2v) is 4.61. The Labute approximate surface area is 118 Å². The number of pyridine rings is 1. The zero-order valence-electron chi connectivity index (χ0n) is 11.2. The van der Waals surface area contributed by atoms with Gasteiger partial charge in [-0.25, -0.2) is 4.79 Å². The Morgan fingerprint density at radius 2 is 2.10 bits per heavy atom. The topological polar surface area (TPSA) is 59.5 Å². The van der Waals surface area contributed by atoms with Gasteiger partial charge in [-0.3, -0.25) is 9.78 Å². The molecule has 0 spiro atoms. The number of halogens is 3. The molecule has 0 radical (unpaired) electrons. The SMILES string of the molecule is COC(=O)C1CCCN1C(=O)c1ccc(C(F)(F)F)nc1. The molecule has 5 nitrogen and oxygen atoms in total. The number of likely N-dealkylation sites (tertiary alicyclic amines) is 1. The third kappa shape index (κ3) is 3.14. The molecule has 2 rings (SSSR count). The number of hydrogen-bond acceptors (Lipinski definition) is 4. The smallest absolute Gasteiger partial charge is 0.433 e. The van der Waals surface area contributed by atoms with Crippen LogP contribution in [-0.2, 0) is 15.7 Å². The number of rotatable bonds is 2. The predicted octanol–water partition coefficient (Wildman–Crippen LogP) is 1.88. The molecule has 0 N–H and O–H groups in total. The van der Waals surface area contributed by atoms with E-state index in [4.69, 9.17) is 0 Å². The molecule has 114 valence electrons. The summed E-state index contributed by atoms with van der Waals surface area (Å²) in [6, 6.07) is 1.12. The van der Waals surface area contributed by atoms with Crippen molar-refractivity contribution in [3.05, 3.63) is 29.6 Å². The second-order valence-electron chi connectivity index (χ2n) is 4.61. The molecule has 1 aliphatic heterocycles. The first kappa shape index (κ1) is 15.3. The van der Waals surface area contributed by atoms with Crippen molar-refractivity contribution in [1.82, 2.24) is 9.88 Å². The molecule has 1 unspecified atom stereocenters. The van der Waals surface area contributed by atoms with Crippen LogP contribution < -0.4 is 0 Å². The maximum absolute atomic E-state index is 12.4. The third-order valence-corrected chi connectivity index (χ3v) is 3.29. The van der Waals surface area contributed by atoms with Gasteiger partial charge in [-0.15, -0.1) is 0 Å². The van der Waals surface area contributed by atoms with E-state index in [1.54, 1.807) is 0 Å². The third-order valence-electron chi connectivity index (χ3n) is 3.29. The summed E-state index contributed by atoms with van der Waals surface area (Å²) in [6.45, 7) is 0.361. The lowest BCUT2D eigenvalue weighted by atomic mass is 10.2. The number of alkyl halides is 3. The van der Waals surface area contributed by atoms with E-state index in [-0.39, 0.29) is 5.56 Å². The van der Waals surface area contributed by atoms with Gasteiger partial charge in [0.15, 0.2) is 0 Å². The number of nitrogens with zero attached hydrogens (tertiary/aromatic N) is 2. The minimum atomic E-state index is -4.55. The van der Waals surface area contributed by atoms with Gasteiger partial charge in [-0.05, 0) is 25.0 Å². The van der Waals surface area contributed by atoms with E-state index < -0.39 is 29.8 Å². The summed E-state index contributed by atoms with van der Waals surface area (Å²) in [5.41, 5.74) is -1.05. The summed E-state index contributed by atoms with van der Waals surface area (Å²) in [4.78, 5) is 28.3. The quantitative estimate of drug-likeness (QED) is 0.783. The van der Waals surface area contributed by atoms with Gasteiger partial charge in [-0.1, -0.05) is 0 Å². The maximum Gasteiger partial charge on any atom is 0.433 e. The summed E-state index contributed by atoms with van der Waals surface area (Å²) in [7, 11) is 1.23. The molecule has 1 fully saturated rings. The van der Waals surface area contributed by atoms with E-state index in [1.807, 2.05) is 0 Å². The number of carbonyl (C=O) groups excluding carboxylic acids is 2. The summed E-state index contributed by atoms with van der Waals surface area (Å²) in [5, 5.41) is 0. The van der Waals surface area contributed by atoms with Crippen molar-refractivity contribution in [1.29, 1.82) is 0 Å². The lowest BCUT2D eigenvalue weighted by Crippen LogP contribution is -2.41. The highest BCUT2D eigenvalue weighted by atomic mass is 19.4. The first-order chi connectivity index (χ1) is 9.84. The van der Waals surface area contributed by atoms with Crippen molar-refractivity contribution in [2.45, 2.75) is 25.1 Å². The summed E-state index contributed by atoms with van der Waals surface area (Å²) >= 11 is 0. The Hall–Kier alpha value is -2.12. The van der Waals surface area contributed by atoms with Gasteiger partial charge in [0, 0.05) is 12.7 Å². The number of carbonyl (C=O) groups is 2. The van der Waals surface area contributed by atoms with E-state index >= 15 is 0 Å². The highest BCUT2D eigenvalue weighted by Gasteiger charge is 2.36. The van der Waals surface area contributed by atoms with Crippen LogP contribution in [0.1, 0.15) is 28.9 Å². The first-order valence-electron chi connectivity index (χ1n) is 6.26. The van der Waals surface area contributed by atoms with E-state index in [9.17, 15) is 22.8 Å². The maximum atomic E-state index is 12.4. The van der Waals surface area contributed by atoms with Gasteiger partial charge in [-0.2, -0.15) is 13.2 Å². The number of hydrogen-bond donors (Lipinski definition) is 0. The molecule has 21 heavy (non-hydrogen) atoms. The van der Waals surface area contributed by atoms with Gasteiger partial charge >= 0.3 is 12.1 Å². The standard InChI is InChI=1S/C13H13F3N2O3/c1-21-12(20)9-3-2-6-18(9)11(19)8-4-5-10(17-7-8)13(14,15)16/h4-5,7,9H,2-3,6H2,1H3. The monoisotopic (exact) mass is 302 g/mol. The number of esters is 1. The zero-order chi connectivity index (χ0) is 15.6. The normalized spacial score (nSPS) is 18.7. The zero-order valence-corrected chi connectivity index (χ0v) is 11.2. The van der Waals surface area contributed by atoms with Gasteiger partial charge < -0.3 is 9.64 Å². The van der Waals surface area contributed by atoms with Crippen molar-refractivity contribution >= 4 is 11.9 Å². The molecular formula is C13H13F3N2O3. The minimum Gasteiger partial charge on any atom is -0.467 e. The fraction of sp³-hybridized carbons (Fsp3) is 0.462. The van der Waals surface area contributed by atoms with Crippen molar-refractivity contribution in [3.8, 4) is 0 Å². The van der Waals surface area contributed by atoms with Crippen LogP contribution in [0.15, 0.2) is 18.3 Å². The molecule has 0 bridgehead atoms. The molecule has 0 aliphatic carbocycles. The summed E-state index contributed by atoms with van der Waals surface area (Å²) in [5.74, 6) is -1.05. The lowest BCUT2D eigenvalue weighted by molar-refractivity contribution is -0.145. The number of aromatic nitrogens is 1. The minimum absolute atomic E-state index is 0.0128. The van der Waals surface area contributed by atoms with Gasteiger partial charge in [0.1, 0.15) is 11.7 Å². The summed E-state index contributed by atoms with van der Waals surface area (Å²) < 4.78 is 41.9. The van der Waals surface area contributed by atoms with Crippen molar-refractivity contribution in [3.63, 3.8) is 0 Å². The fourth-order valence-electron chi connectivity index (χ4n) is 2.24. The molecule has 0 aromatic carbocycles. The molecule has 1 aliphatic rings.